The quantitative estimate of drug-likeness (QED) is 0.657. The standard InChI is InChI=1S/C8H14N2O/c1-4-7-8(11-5-2)6-9-10(7)3/h6H,4-5H2,1-3H3. The first-order chi connectivity index (χ1) is 5.29. The van der Waals surface area contributed by atoms with Crippen LogP contribution in [0.1, 0.15) is 19.5 Å². The van der Waals surface area contributed by atoms with Crippen LogP contribution in [0.3, 0.4) is 0 Å². The molecule has 62 valence electrons. The zero-order valence-electron chi connectivity index (χ0n) is 7.29. The predicted molar refractivity (Wildman–Crippen MR) is 43.8 cm³/mol. The third-order valence-corrected chi connectivity index (χ3v) is 1.66. The minimum atomic E-state index is 0.707. The summed E-state index contributed by atoms with van der Waals surface area (Å²) in [5.41, 5.74) is 1.16. The van der Waals surface area contributed by atoms with Crippen LogP contribution in [0, 0.1) is 0 Å². The molecular formula is C8H14N2O. The van der Waals surface area contributed by atoms with Crippen LogP contribution in [0.5, 0.6) is 5.75 Å². The molecule has 11 heavy (non-hydrogen) atoms. The Morgan fingerprint density at radius 3 is 2.82 bits per heavy atom. The van der Waals surface area contributed by atoms with Gasteiger partial charge in [-0.15, -0.1) is 0 Å². The van der Waals surface area contributed by atoms with Gasteiger partial charge in [-0.2, -0.15) is 5.10 Å². The van der Waals surface area contributed by atoms with Gasteiger partial charge in [0.2, 0.25) is 0 Å². The van der Waals surface area contributed by atoms with E-state index in [0.29, 0.717) is 6.61 Å². The molecule has 0 unspecified atom stereocenters. The van der Waals surface area contributed by atoms with Gasteiger partial charge in [-0.05, 0) is 13.3 Å². The molecule has 0 saturated carbocycles. The van der Waals surface area contributed by atoms with E-state index in [0.717, 1.165) is 17.9 Å². The van der Waals surface area contributed by atoms with Crippen molar-refractivity contribution in [3.05, 3.63) is 11.9 Å². The number of ether oxygens (including phenoxy) is 1. The zero-order chi connectivity index (χ0) is 8.27. The molecule has 0 N–H and O–H groups in total. The van der Waals surface area contributed by atoms with E-state index in [4.69, 9.17) is 4.74 Å². The summed E-state index contributed by atoms with van der Waals surface area (Å²) in [5, 5.41) is 4.10. The van der Waals surface area contributed by atoms with Crippen LogP contribution in [0.25, 0.3) is 0 Å². The average Bonchev–Trinajstić information content (AvgIpc) is 2.33. The SMILES string of the molecule is CCOc1cnn(C)c1CC. The fraction of sp³-hybridized carbons (Fsp3) is 0.625. The summed E-state index contributed by atoms with van der Waals surface area (Å²) in [6, 6.07) is 0. The molecule has 0 fully saturated rings. The first-order valence-corrected chi connectivity index (χ1v) is 3.93. The van der Waals surface area contributed by atoms with Crippen molar-refractivity contribution in [3.8, 4) is 5.75 Å². The zero-order valence-corrected chi connectivity index (χ0v) is 7.29. The number of hydrogen-bond acceptors (Lipinski definition) is 2. The first kappa shape index (κ1) is 8.11. The largest absolute Gasteiger partial charge is 0.490 e. The van der Waals surface area contributed by atoms with Crippen molar-refractivity contribution < 1.29 is 4.74 Å². The number of rotatable bonds is 3. The van der Waals surface area contributed by atoms with Gasteiger partial charge in [-0.3, -0.25) is 4.68 Å². The van der Waals surface area contributed by atoms with Gasteiger partial charge < -0.3 is 4.74 Å². The highest BCUT2D eigenvalue weighted by molar-refractivity contribution is 5.24. The van der Waals surface area contributed by atoms with E-state index in [9.17, 15) is 0 Å². The molecule has 0 spiro atoms. The second-order valence-electron chi connectivity index (χ2n) is 2.37. The Balaban J connectivity index is 2.86. The fourth-order valence-corrected chi connectivity index (χ4v) is 1.12. The molecular weight excluding hydrogens is 140 g/mol. The van der Waals surface area contributed by atoms with Crippen LogP contribution in [0.4, 0.5) is 0 Å². The van der Waals surface area contributed by atoms with E-state index in [1.54, 1.807) is 6.20 Å². The smallest absolute Gasteiger partial charge is 0.160 e. The lowest BCUT2D eigenvalue weighted by Gasteiger charge is -2.02. The third-order valence-electron chi connectivity index (χ3n) is 1.66. The minimum absolute atomic E-state index is 0.707. The Bertz CT molecular complexity index is 230. The van der Waals surface area contributed by atoms with Crippen molar-refractivity contribution in [2.45, 2.75) is 20.3 Å². The third kappa shape index (κ3) is 1.53. The number of aryl methyl sites for hydroxylation is 1. The van der Waals surface area contributed by atoms with Crippen molar-refractivity contribution in [3.63, 3.8) is 0 Å². The molecule has 0 aliphatic rings. The summed E-state index contributed by atoms with van der Waals surface area (Å²) >= 11 is 0. The Hall–Kier alpha value is -0.990. The van der Waals surface area contributed by atoms with Gasteiger partial charge in [-0.1, -0.05) is 6.92 Å². The highest BCUT2D eigenvalue weighted by Crippen LogP contribution is 2.16. The number of nitrogens with zero attached hydrogens (tertiary/aromatic N) is 2. The molecule has 0 bridgehead atoms. The lowest BCUT2D eigenvalue weighted by molar-refractivity contribution is 0.336. The van der Waals surface area contributed by atoms with Gasteiger partial charge in [0, 0.05) is 7.05 Å². The Morgan fingerprint density at radius 1 is 1.55 bits per heavy atom. The van der Waals surface area contributed by atoms with Crippen LogP contribution >= 0.6 is 0 Å². The van der Waals surface area contributed by atoms with Gasteiger partial charge in [0.15, 0.2) is 5.75 Å². The van der Waals surface area contributed by atoms with Crippen LogP contribution in [-0.2, 0) is 13.5 Å². The maximum atomic E-state index is 5.37. The Labute approximate surface area is 67.0 Å². The summed E-state index contributed by atoms with van der Waals surface area (Å²) in [6.45, 7) is 4.78. The molecule has 1 aromatic heterocycles. The summed E-state index contributed by atoms with van der Waals surface area (Å²) < 4.78 is 7.22. The summed E-state index contributed by atoms with van der Waals surface area (Å²) in [5.74, 6) is 0.914. The van der Waals surface area contributed by atoms with Gasteiger partial charge >= 0.3 is 0 Å². The van der Waals surface area contributed by atoms with Gasteiger partial charge in [-0.25, -0.2) is 0 Å². The number of hydrogen-bond donors (Lipinski definition) is 0. The van der Waals surface area contributed by atoms with E-state index in [2.05, 4.69) is 12.0 Å². The molecule has 0 radical (unpaired) electrons. The normalized spacial score (nSPS) is 10.1. The molecule has 0 aromatic carbocycles. The summed E-state index contributed by atoms with van der Waals surface area (Å²) in [4.78, 5) is 0. The molecule has 3 nitrogen and oxygen atoms in total. The van der Waals surface area contributed by atoms with Crippen molar-refractivity contribution in [1.82, 2.24) is 9.78 Å². The maximum Gasteiger partial charge on any atom is 0.160 e. The molecule has 1 heterocycles. The van der Waals surface area contributed by atoms with Crippen molar-refractivity contribution >= 4 is 0 Å². The van der Waals surface area contributed by atoms with E-state index in [1.807, 2.05) is 18.7 Å². The molecule has 0 amide bonds. The second-order valence-corrected chi connectivity index (χ2v) is 2.37. The van der Waals surface area contributed by atoms with Crippen molar-refractivity contribution in [1.29, 1.82) is 0 Å². The van der Waals surface area contributed by atoms with E-state index < -0.39 is 0 Å². The highest BCUT2D eigenvalue weighted by atomic mass is 16.5. The molecule has 0 aliphatic heterocycles. The topological polar surface area (TPSA) is 27.1 Å². The lowest BCUT2D eigenvalue weighted by Crippen LogP contribution is -1.99. The Kier molecular flexibility index (Phi) is 2.52. The molecule has 3 heteroatoms. The van der Waals surface area contributed by atoms with Crippen LogP contribution in [0.15, 0.2) is 6.20 Å². The molecule has 1 aromatic rings. The minimum Gasteiger partial charge on any atom is -0.490 e. The highest BCUT2D eigenvalue weighted by Gasteiger charge is 2.05. The average molecular weight is 154 g/mol. The van der Waals surface area contributed by atoms with Gasteiger partial charge in [0.25, 0.3) is 0 Å². The van der Waals surface area contributed by atoms with Gasteiger partial charge in [0.1, 0.15) is 0 Å². The lowest BCUT2D eigenvalue weighted by atomic mass is 10.3. The van der Waals surface area contributed by atoms with E-state index in [1.165, 1.54) is 0 Å². The summed E-state index contributed by atoms with van der Waals surface area (Å²) in [6.07, 6.45) is 2.73. The van der Waals surface area contributed by atoms with Crippen LogP contribution < -0.4 is 4.74 Å². The molecule has 0 aliphatic carbocycles. The predicted octanol–water partition coefficient (Wildman–Crippen LogP) is 1.38. The van der Waals surface area contributed by atoms with Crippen LogP contribution in [-0.4, -0.2) is 16.4 Å². The number of aromatic nitrogens is 2. The monoisotopic (exact) mass is 154 g/mol. The fourth-order valence-electron chi connectivity index (χ4n) is 1.12. The second kappa shape index (κ2) is 3.42. The molecule has 0 atom stereocenters. The van der Waals surface area contributed by atoms with E-state index in [-0.39, 0.29) is 0 Å². The molecule has 0 saturated heterocycles. The molecule has 1 rings (SSSR count). The van der Waals surface area contributed by atoms with Crippen LogP contribution in [0.2, 0.25) is 0 Å². The van der Waals surface area contributed by atoms with Crippen molar-refractivity contribution in [2.24, 2.45) is 7.05 Å². The van der Waals surface area contributed by atoms with E-state index >= 15 is 0 Å². The summed E-state index contributed by atoms with van der Waals surface area (Å²) in [7, 11) is 1.93. The van der Waals surface area contributed by atoms with Crippen molar-refractivity contribution in [2.75, 3.05) is 6.61 Å². The van der Waals surface area contributed by atoms with Gasteiger partial charge in [0.05, 0.1) is 18.5 Å². The maximum absolute atomic E-state index is 5.37. The Morgan fingerprint density at radius 2 is 2.27 bits per heavy atom. The first-order valence-electron chi connectivity index (χ1n) is 3.93.